The highest BCUT2D eigenvalue weighted by Crippen LogP contribution is 2.28. The van der Waals surface area contributed by atoms with Gasteiger partial charge in [-0.1, -0.05) is 35.3 Å². The van der Waals surface area contributed by atoms with E-state index in [-0.39, 0.29) is 0 Å². The molecular weight excluding hydrogens is 469 g/mol. The largest absolute Gasteiger partial charge is 0.457 e. The third kappa shape index (κ3) is 6.01. The van der Waals surface area contributed by atoms with E-state index in [1.165, 1.54) is 0 Å². The van der Waals surface area contributed by atoms with E-state index in [2.05, 4.69) is 5.10 Å². The lowest BCUT2D eigenvalue weighted by atomic mass is 10.2. The first-order valence-corrected chi connectivity index (χ1v) is 11.3. The Morgan fingerprint density at radius 1 is 0.735 bits per heavy atom. The summed E-state index contributed by atoms with van der Waals surface area (Å²) in [5.41, 5.74) is 8.57. The number of rotatable bonds is 4. The predicted octanol–water partition coefficient (Wildman–Crippen LogP) is 8.04. The molecule has 0 aliphatic heterocycles. The maximum atomic E-state index is 5.92. The Morgan fingerprint density at radius 2 is 1.29 bits per heavy atom. The van der Waals surface area contributed by atoms with E-state index in [4.69, 9.17) is 38.4 Å². The predicted molar refractivity (Wildman–Crippen MR) is 139 cm³/mol. The van der Waals surface area contributed by atoms with E-state index in [1.54, 1.807) is 12.1 Å². The summed E-state index contributed by atoms with van der Waals surface area (Å²) in [6.07, 6.45) is 1.82. The van der Waals surface area contributed by atoms with Crippen molar-refractivity contribution < 1.29 is 9.47 Å². The lowest BCUT2D eigenvalue weighted by molar-refractivity contribution is 0.482. The van der Waals surface area contributed by atoms with Crippen molar-refractivity contribution in [3.05, 3.63) is 107 Å². The lowest BCUT2D eigenvalue weighted by Gasteiger charge is -2.07. The van der Waals surface area contributed by atoms with Crippen molar-refractivity contribution in [2.75, 3.05) is 5.73 Å². The van der Waals surface area contributed by atoms with Crippen molar-refractivity contribution in [3.63, 3.8) is 0 Å². The molecule has 34 heavy (non-hydrogen) atoms. The maximum Gasteiger partial charge on any atom is 0.128 e. The minimum atomic E-state index is 0.657. The molecule has 0 saturated heterocycles. The van der Waals surface area contributed by atoms with Crippen molar-refractivity contribution in [1.29, 1.82) is 0 Å². The highest BCUT2D eigenvalue weighted by Gasteiger charge is 2.03. The first-order chi connectivity index (χ1) is 16.4. The number of ether oxygens (including phenoxy) is 2. The number of benzene rings is 4. The summed E-state index contributed by atoms with van der Waals surface area (Å²) in [7, 11) is 1.92. The second-order valence-electron chi connectivity index (χ2n) is 7.63. The highest BCUT2D eigenvalue weighted by atomic mass is 35.5. The Bertz CT molecular complexity index is 1430. The van der Waals surface area contributed by atoms with E-state index in [1.807, 2.05) is 97.6 Å². The molecule has 7 heteroatoms. The normalized spacial score (nSPS) is 10.5. The van der Waals surface area contributed by atoms with Gasteiger partial charge in [0.1, 0.15) is 23.0 Å². The van der Waals surface area contributed by atoms with Gasteiger partial charge < -0.3 is 15.2 Å². The first-order valence-electron chi connectivity index (χ1n) is 10.5. The number of halogens is 2. The molecule has 0 amide bonds. The third-order valence-electron chi connectivity index (χ3n) is 5.02. The van der Waals surface area contributed by atoms with Crippen molar-refractivity contribution >= 4 is 39.8 Å². The smallest absolute Gasteiger partial charge is 0.128 e. The number of hydrogen-bond acceptors (Lipinski definition) is 4. The Morgan fingerprint density at radius 3 is 1.88 bits per heavy atom. The quantitative estimate of drug-likeness (QED) is 0.258. The molecule has 172 valence electrons. The van der Waals surface area contributed by atoms with Gasteiger partial charge in [-0.15, -0.1) is 0 Å². The molecule has 2 N–H and O–H groups in total. The lowest BCUT2D eigenvalue weighted by Crippen LogP contribution is -1.90. The van der Waals surface area contributed by atoms with Gasteiger partial charge in [0, 0.05) is 28.2 Å². The molecule has 0 atom stereocenters. The monoisotopic (exact) mass is 491 g/mol. The molecule has 1 aromatic heterocycles. The first kappa shape index (κ1) is 23.5. The van der Waals surface area contributed by atoms with Crippen LogP contribution < -0.4 is 15.2 Å². The molecule has 0 fully saturated rings. The van der Waals surface area contributed by atoms with Crippen molar-refractivity contribution in [1.82, 2.24) is 9.78 Å². The van der Waals surface area contributed by atoms with Crippen LogP contribution >= 0.6 is 23.2 Å². The van der Waals surface area contributed by atoms with Gasteiger partial charge in [0.05, 0.1) is 11.7 Å². The van der Waals surface area contributed by atoms with Crippen LogP contribution in [0.3, 0.4) is 0 Å². The number of aryl methyl sites for hydroxylation is 2. The fraction of sp³-hybridized carbons (Fsp3) is 0.0741. The molecule has 4 aromatic carbocycles. The van der Waals surface area contributed by atoms with Gasteiger partial charge in [-0.3, -0.25) is 4.68 Å². The van der Waals surface area contributed by atoms with Gasteiger partial charge in [-0.05, 0) is 85.3 Å². The molecule has 5 aromatic rings. The number of hydrogen-bond donors (Lipinski definition) is 1. The summed E-state index contributed by atoms with van der Waals surface area (Å²) in [4.78, 5) is 0. The van der Waals surface area contributed by atoms with Crippen LogP contribution in [-0.4, -0.2) is 9.78 Å². The van der Waals surface area contributed by atoms with E-state index in [0.29, 0.717) is 10.0 Å². The van der Waals surface area contributed by atoms with Gasteiger partial charge in [0.2, 0.25) is 0 Å². The molecule has 1 heterocycles. The Kier molecular flexibility index (Phi) is 7.26. The fourth-order valence-corrected chi connectivity index (χ4v) is 3.61. The van der Waals surface area contributed by atoms with Crippen LogP contribution in [0.2, 0.25) is 10.0 Å². The zero-order valence-electron chi connectivity index (χ0n) is 18.7. The molecule has 0 saturated carbocycles. The number of nitrogens with zero attached hydrogens (tertiary/aromatic N) is 2. The molecule has 5 nitrogen and oxygen atoms in total. The molecule has 0 bridgehead atoms. The van der Waals surface area contributed by atoms with Crippen LogP contribution in [0.5, 0.6) is 23.0 Å². The van der Waals surface area contributed by atoms with E-state index in [0.717, 1.165) is 45.2 Å². The maximum absolute atomic E-state index is 5.92. The summed E-state index contributed by atoms with van der Waals surface area (Å²) in [5, 5.41) is 6.57. The van der Waals surface area contributed by atoms with E-state index >= 15 is 0 Å². The zero-order valence-corrected chi connectivity index (χ0v) is 20.2. The number of nitrogen functional groups attached to an aromatic ring is 1. The molecule has 0 aliphatic rings. The molecular formula is C27H23Cl2N3O2. The minimum Gasteiger partial charge on any atom is -0.457 e. The number of nitrogens with two attached hydrogens (primary N) is 1. The number of anilines is 1. The molecule has 5 rings (SSSR count). The van der Waals surface area contributed by atoms with Crippen molar-refractivity contribution in [2.24, 2.45) is 7.05 Å². The van der Waals surface area contributed by atoms with Crippen LogP contribution in [-0.2, 0) is 7.05 Å². The Hall–Kier alpha value is -3.67. The van der Waals surface area contributed by atoms with E-state index < -0.39 is 0 Å². The van der Waals surface area contributed by atoms with Crippen LogP contribution in [0.15, 0.2) is 91.1 Å². The van der Waals surface area contributed by atoms with Gasteiger partial charge in [0.15, 0.2) is 0 Å². The average Bonchev–Trinajstić information content (AvgIpc) is 3.17. The van der Waals surface area contributed by atoms with Crippen LogP contribution in [0, 0.1) is 6.92 Å². The van der Waals surface area contributed by atoms with Gasteiger partial charge in [0.25, 0.3) is 0 Å². The highest BCUT2D eigenvalue weighted by molar-refractivity contribution is 6.31. The third-order valence-corrected chi connectivity index (χ3v) is 5.49. The molecule has 0 aliphatic carbocycles. The SMILES string of the molecule is Cc1cc(Oc2cccc(Cl)c2)ccc1N.Cn1ncc2cc(Oc3cccc(Cl)c3)ccc21. The Labute approximate surface area is 208 Å². The summed E-state index contributed by atoms with van der Waals surface area (Å²) in [6.45, 7) is 1.94. The summed E-state index contributed by atoms with van der Waals surface area (Å²) < 4.78 is 13.2. The fourth-order valence-electron chi connectivity index (χ4n) is 3.25. The number of aromatic nitrogens is 2. The second-order valence-corrected chi connectivity index (χ2v) is 8.50. The van der Waals surface area contributed by atoms with Gasteiger partial charge in [-0.25, -0.2) is 0 Å². The standard InChI is InChI=1S/C14H11ClN2O.C13H12ClNO/c1-17-14-6-5-13(7-10(14)9-16-17)18-12-4-2-3-11(15)8-12;1-9-7-12(5-6-13(9)15)16-11-4-2-3-10(14)8-11/h2-9H,1H3;2-8H,15H2,1H3. The molecule has 0 spiro atoms. The van der Waals surface area contributed by atoms with Crippen LogP contribution in [0.1, 0.15) is 5.56 Å². The van der Waals surface area contributed by atoms with Crippen molar-refractivity contribution in [2.45, 2.75) is 6.92 Å². The average molecular weight is 492 g/mol. The topological polar surface area (TPSA) is 62.3 Å². The van der Waals surface area contributed by atoms with Crippen LogP contribution in [0.25, 0.3) is 10.9 Å². The van der Waals surface area contributed by atoms with Crippen LogP contribution in [0.4, 0.5) is 5.69 Å². The number of fused-ring (bicyclic) bond motifs is 1. The van der Waals surface area contributed by atoms with E-state index in [9.17, 15) is 0 Å². The molecule has 0 radical (unpaired) electrons. The summed E-state index contributed by atoms with van der Waals surface area (Å²) in [5.74, 6) is 2.98. The Balaban J connectivity index is 0.000000162. The molecule has 0 unspecified atom stereocenters. The second kappa shape index (κ2) is 10.5. The zero-order chi connectivity index (χ0) is 24.1. The van der Waals surface area contributed by atoms with Crippen molar-refractivity contribution in [3.8, 4) is 23.0 Å². The van der Waals surface area contributed by atoms with Gasteiger partial charge in [-0.2, -0.15) is 5.10 Å². The minimum absolute atomic E-state index is 0.657. The van der Waals surface area contributed by atoms with Gasteiger partial charge >= 0.3 is 0 Å². The summed E-state index contributed by atoms with van der Waals surface area (Å²) >= 11 is 11.8. The summed E-state index contributed by atoms with van der Waals surface area (Å²) in [6, 6.07) is 26.1.